The van der Waals surface area contributed by atoms with Crippen LogP contribution in [0.4, 0.5) is 0 Å². The summed E-state index contributed by atoms with van der Waals surface area (Å²) in [5, 5.41) is 11.0. The summed E-state index contributed by atoms with van der Waals surface area (Å²) in [5.74, 6) is -0.135. The van der Waals surface area contributed by atoms with E-state index in [1.165, 1.54) is 6.92 Å². The fourth-order valence-corrected chi connectivity index (χ4v) is 0.807. The van der Waals surface area contributed by atoms with Gasteiger partial charge >= 0.3 is 0 Å². The normalized spacial score (nSPS) is 9.86. The Labute approximate surface area is 83.4 Å². The summed E-state index contributed by atoms with van der Waals surface area (Å²) in [7, 11) is 0. The van der Waals surface area contributed by atoms with Gasteiger partial charge in [0.2, 0.25) is 5.91 Å². The third-order valence-electron chi connectivity index (χ3n) is 1.51. The number of carbonyl (C=O) groups excluding carboxylic acids is 2. The lowest BCUT2D eigenvalue weighted by molar-refractivity contribution is -0.124. The molecule has 0 saturated carbocycles. The number of Topliss-reactive ketones (excluding diaryl/α,β-unsaturated/α-hetero) is 1. The molecular formula is C9H17NO4. The summed E-state index contributed by atoms with van der Waals surface area (Å²) in [6, 6.07) is 0. The Kier molecular flexibility index (Phi) is 8.07. The lowest BCUT2D eigenvalue weighted by atomic mass is 10.2. The molecule has 82 valence electrons. The van der Waals surface area contributed by atoms with E-state index in [1.54, 1.807) is 0 Å². The van der Waals surface area contributed by atoms with Crippen LogP contribution < -0.4 is 5.32 Å². The minimum atomic E-state index is -0.146. The van der Waals surface area contributed by atoms with E-state index in [1.807, 2.05) is 0 Å². The number of hydrogen-bond donors (Lipinski definition) is 2. The second-order valence-corrected chi connectivity index (χ2v) is 2.89. The molecule has 5 heteroatoms. The zero-order valence-corrected chi connectivity index (χ0v) is 8.41. The highest BCUT2D eigenvalue weighted by molar-refractivity contribution is 5.83. The Morgan fingerprint density at radius 2 is 2.00 bits per heavy atom. The topological polar surface area (TPSA) is 75.6 Å². The lowest BCUT2D eigenvalue weighted by Crippen LogP contribution is -2.27. The number of hydrogen-bond acceptors (Lipinski definition) is 4. The van der Waals surface area contributed by atoms with Crippen molar-refractivity contribution in [2.24, 2.45) is 0 Å². The second kappa shape index (κ2) is 8.65. The third kappa shape index (κ3) is 9.15. The predicted molar refractivity (Wildman–Crippen MR) is 50.8 cm³/mol. The van der Waals surface area contributed by atoms with Crippen LogP contribution in [0.25, 0.3) is 0 Å². The van der Waals surface area contributed by atoms with Crippen molar-refractivity contribution in [2.45, 2.75) is 19.8 Å². The molecule has 0 aliphatic heterocycles. The molecule has 0 fully saturated rings. The molecule has 5 nitrogen and oxygen atoms in total. The minimum Gasteiger partial charge on any atom is -0.394 e. The number of ketones is 1. The summed E-state index contributed by atoms with van der Waals surface area (Å²) < 4.78 is 4.93. The van der Waals surface area contributed by atoms with E-state index < -0.39 is 0 Å². The molecule has 0 atom stereocenters. The third-order valence-corrected chi connectivity index (χ3v) is 1.51. The molecule has 0 heterocycles. The van der Waals surface area contributed by atoms with Gasteiger partial charge in [0, 0.05) is 19.4 Å². The fourth-order valence-electron chi connectivity index (χ4n) is 0.807. The van der Waals surface area contributed by atoms with Gasteiger partial charge < -0.3 is 20.0 Å². The molecule has 0 aromatic rings. The van der Waals surface area contributed by atoms with E-state index >= 15 is 0 Å². The van der Waals surface area contributed by atoms with Gasteiger partial charge in [-0.1, -0.05) is 0 Å². The molecule has 0 radical (unpaired) electrons. The zero-order valence-electron chi connectivity index (χ0n) is 8.41. The minimum absolute atomic E-state index is 0.0108. The first-order valence-corrected chi connectivity index (χ1v) is 4.61. The first-order valence-electron chi connectivity index (χ1n) is 4.61. The van der Waals surface area contributed by atoms with E-state index in [0.29, 0.717) is 13.2 Å². The van der Waals surface area contributed by atoms with Crippen LogP contribution in [-0.4, -0.2) is 43.2 Å². The molecular weight excluding hydrogens is 186 g/mol. The largest absolute Gasteiger partial charge is 0.394 e. The quantitative estimate of drug-likeness (QED) is 0.520. The van der Waals surface area contributed by atoms with Crippen molar-refractivity contribution in [3.8, 4) is 0 Å². The van der Waals surface area contributed by atoms with E-state index in [9.17, 15) is 9.59 Å². The standard InChI is InChI=1S/C9H17NO4/c1-8(12)2-3-9(13)10-4-6-14-7-5-11/h11H,2-7H2,1H3,(H,10,13). The Balaban J connectivity index is 3.22. The maximum absolute atomic E-state index is 11.0. The van der Waals surface area contributed by atoms with Crippen LogP contribution in [0.1, 0.15) is 19.8 Å². The first-order chi connectivity index (χ1) is 6.66. The van der Waals surface area contributed by atoms with Gasteiger partial charge in [0.05, 0.1) is 19.8 Å². The van der Waals surface area contributed by atoms with Crippen molar-refractivity contribution < 1.29 is 19.4 Å². The molecule has 0 saturated heterocycles. The second-order valence-electron chi connectivity index (χ2n) is 2.89. The molecule has 14 heavy (non-hydrogen) atoms. The lowest BCUT2D eigenvalue weighted by Gasteiger charge is -2.04. The van der Waals surface area contributed by atoms with Crippen LogP contribution in [0.3, 0.4) is 0 Å². The summed E-state index contributed by atoms with van der Waals surface area (Å²) in [6.45, 7) is 2.52. The molecule has 0 bridgehead atoms. The predicted octanol–water partition coefficient (Wildman–Crippen LogP) is -0.519. The van der Waals surface area contributed by atoms with Gasteiger partial charge in [0.1, 0.15) is 5.78 Å². The Morgan fingerprint density at radius 3 is 2.57 bits per heavy atom. The summed E-state index contributed by atoms with van der Waals surface area (Å²) in [4.78, 5) is 21.5. The monoisotopic (exact) mass is 203 g/mol. The molecule has 2 N–H and O–H groups in total. The first kappa shape index (κ1) is 13.1. The number of aliphatic hydroxyl groups is 1. The maximum atomic E-state index is 11.0. The molecule has 0 aromatic heterocycles. The molecule has 0 aromatic carbocycles. The molecule has 0 rings (SSSR count). The van der Waals surface area contributed by atoms with Gasteiger partial charge in [-0.15, -0.1) is 0 Å². The highest BCUT2D eigenvalue weighted by Gasteiger charge is 2.01. The Morgan fingerprint density at radius 1 is 1.29 bits per heavy atom. The fraction of sp³-hybridized carbons (Fsp3) is 0.778. The molecule has 0 aliphatic rings. The summed E-state index contributed by atoms with van der Waals surface area (Å²) in [6.07, 6.45) is 0.513. The Bertz CT molecular complexity index is 182. The van der Waals surface area contributed by atoms with Crippen molar-refractivity contribution in [3.05, 3.63) is 0 Å². The summed E-state index contributed by atoms with van der Waals surface area (Å²) >= 11 is 0. The van der Waals surface area contributed by atoms with Crippen LogP contribution in [-0.2, 0) is 14.3 Å². The van der Waals surface area contributed by atoms with Crippen LogP contribution in [0.5, 0.6) is 0 Å². The highest BCUT2D eigenvalue weighted by Crippen LogP contribution is 1.89. The smallest absolute Gasteiger partial charge is 0.220 e. The van der Waals surface area contributed by atoms with Gasteiger partial charge in [0.15, 0.2) is 0 Å². The average molecular weight is 203 g/mol. The number of ether oxygens (including phenoxy) is 1. The molecule has 0 unspecified atom stereocenters. The summed E-state index contributed by atoms with van der Waals surface area (Å²) in [5.41, 5.74) is 0. The number of amides is 1. The van der Waals surface area contributed by atoms with Gasteiger partial charge in [-0.3, -0.25) is 4.79 Å². The number of carbonyl (C=O) groups is 2. The van der Waals surface area contributed by atoms with Crippen LogP contribution in [0.15, 0.2) is 0 Å². The van der Waals surface area contributed by atoms with Crippen molar-refractivity contribution in [1.82, 2.24) is 5.32 Å². The van der Waals surface area contributed by atoms with Crippen LogP contribution in [0, 0.1) is 0 Å². The number of rotatable bonds is 8. The number of nitrogens with one attached hydrogen (secondary N) is 1. The van der Waals surface area contributed by atoms with Crippen molar-refractivity contribution in [2.75, 3.05) is 26.4 Å². The van der Waals surface area contributed by atoms with Crippen LogP contribution in [0.2, 0.25) is 0 Å². The molecule has 0 aliphatic carbocycles. The van der Waals surface area contributed by atoms with Gasteiger partial charge in [0.25, 0.3) is 0 Å². The van der Waals surface area contributed by atoms with Crippen molar-refractivity contribution in [1.29, 1.82) is 0 Å². The zero-order chi connectivity index (χ0) is 10.8. The SMILES string of the molecule is CC(=O)CCC(=O)NCCOCCO. The van der Waals surface area contributed by atoms with Gasteiger partial charge in [-0.05, 0) is 6.92 Å². The van der Waals surface area contributed by atoms with Crippen LogP contribution >= 0.6 is 0 Å². The van der Waals surface area contributed by atoms with Gasteiger partial charge in [-0.2, -0.15) is 0 Å². The maximum Gasteiger partial charge on any atom is 0.220 e. The van der Waals surface area contributed by atoms with Crippen molar-refractivity contribution >= 4 is 11.7 Å². The average Bonchev–Trinajstić information content (AvgIpc) is 2.14. The van der Waals surface area contributed by atoms with E-state index in [0.717, 1.165) is 0 Å². The molecule has 0 spiro atoms. The van der Waals surface area contributed by atoms with E-state index in [4.69, 9.17) is 9.84 Å². The highest BCUT2D eigenvalue weighted by atomic mass is 16.5. The number of aliphatic hydroxyl groups excluding tert-OH is 1. The van der Waals surface area contributed by atoms with Gasteiger partial charge in [-0.25, -0.2) is 0 Å². The Hall–Kier alpha value is -0.940. The molecule has 1 amide bonds. The van der Waals surface area contributed by atoms with E-state index in [2.05, 4.69) is 5.32 Å². The van der Waals surface area contributed by atoms with E-state index in [-0.39, 0.29) is 37.7 Å². The van der Waals surface area contributed by atoms with Crippen molar-refractivity contribution in [3.63, 3.8) is 0 Å².